The first-order valence-electron chi connectivity index (χ1n) is 7.93. The lowest BCUT2D eigenvalue weighted by Crippen LogP contribution is -2.57. The Labute approximate surface area is 117 Å². The Hall–Kier alpha value is -0.610. The molecule has 2 aliphatic rings. The zero-order valence-electron chi connectivity index (χ0n) is 12.5. The Morgan fingerprint density at radius 1 is 1.11 bits per heavy atom. The first-order valence-corrected chi connectivity index (χ1v) is 7.93. The second-order valence-electron chi connectivity index (χ2n) is 6.13. The first kappa shape index (κ1) is 14.8. The number of nitrogens with zero attached hydrogens (tertiary/aromatic N) is 2. The number of carbonyl (C=O) groups is 1. The highest BCUT2D eigenvalue weighted by Gasteiger charge is 2.36. The van der Waals surface area contributed by atoms with Crippen LogP contribution in [0.4, 0.5) is 0 Å². The van der Waals surface area contributed by atoms with Gasteiger partial charge in [0.05, 0.1) is 5.54 Å². The number of carbonyl (C=O) groups excluding carboxylic acids is 1. The highest BCUT2D eigenvalue weighted by atomic mass is 16.2. The Morgan fingerprint density at radius 2 is 1.63 bits per heavy atom. The molecule has 0 atom stereocenters. The fraction of sp³-hybridized carbons (Fsp3) is 0.933. The van der Waals surface area contributed by atoms with Gasteiger partial charge in [-0.3, -0.25) is 4.79 Å². The van der Waals surface area contributed by atoms with Crippen molar-refractivity contribution in [2.24, 2.45) is 5.73 Å². The summed E-state index contributed by atoms with van der Waals surface area (Å²) in [5, 5.41) is 0. The lowest BCUT2D eigenvalue weighted by atomic mass is 9.91. The quantitative estimate of drug-likeness (QED) is 0.841. The van der Waals surface area contributed by atoms with Crippen LogP contribution in [-0.4, -0.2) is 53.5 Å². The van der Waals surface area contributed by atoms with Gasteiger partial charge in [-0.25, -0.2) is 0 Å². The van der Waals surface area contributed by atoms with E-state index < -0.39 is 5.54 Å². The van der Waals surface area contributed by atoms with Crippen molar-refractivity contribution in [2.45, 2.75) is 64.0 Å². The molecule has 19 heavy (non-hydrogen) atoms. The Kier molecular flexibility index (Phi) is 4.85. The van der Waals surface area contributed by atoms with Gasteiger partial charge in [0.25, 0.3) is 0 Å². The van der Waals surface area contributed by atoms with Crippen molar-refractivity contribution in [1.82, 2.24) is 9.80 Å². The zero-order valence-corrected chi connectivity index (χ0v) is 12.5. The first-order chi connectivity index (χ1) is 9.10. The molecule has 0 aromatic carbocycles. The van der Waals surface area contributed by atoms with Gasteiger partial charge in [-0.05, 0) is 51.6 Å². The topological polar surface area (TPSA) is 49.6 Å². The van der Waals surface area contributed by atoms with Crippen molar-refractivity contribution < 1.29 is 4.79 Å². The lowest BCUT2D eigenvalue weighted by molar-refractivity contribution is -0.138. The van der Waals surface area contributed by atoms with Gasteiger partial charge in [0.1, 0.15) is 0 Å². The van der Waals surface area contributed by atoms with E-state index in [9.17, 15) is 4.79 Å². The molecule has 0 saturated carbocycles. The van der Waals surface area contributed by atoms with Gasteiger partial charge in [0, 0.05) is 19.1 Å². The molecule has 110 valence electrons. The van der Waals surface area contributed by atoms with E-state index in [1.807, 2.05) is 18.7 Å². The predicted molar refractivity (Wildman–Crippen MR) is 77.9 cm³/mol. The van der Waals surface area contributed by atoms with Gasteiger partial charge in [-0.1, -0.05) is 13.8 Å². The molecule has 0 radical (unpaired) electrons. The zero-order chi connectivity index (χ0) is 13.9. The van der Waals surface area contributed by atoms with Crippen LogP contribution in [0.25, 0.3) is 0 Å². The monoisotopic (exact) mass is 267 g/mol. The van der Waals surface area contributed by atoms with Crippen molar-refractivity contribution in [2.75, 3.05) is 26.2 Å². The Balaban J connectivity index is 1.87. The van der Waals surface area contributed by atoms with Crippen LogP contribution >= 0.6 is 0 Å². The average molecular weight is 267 g/mol. The third-order valence-electron chi connectivity index (χ3n) is 5.10. The molecule has 2 aliphatic heterocycles. The van der Waals surface area contributed by atoms with Crippen LogP contribution < -0.4 is 5.73 Å². The van der Waals surface area contributed by atoms with Crippen LogP contribution in [0.5, 0.6) is 0 Å². The summed E-state index contributed by atoms with van der Waals surface area (Å²) in [6, 6.07) is 0.696. The molecule has 4 heteroatoms. The maximum absolute atomic E-state index is 12.5. The van der Waals surface area contributed by atoms with Gasteiger partial charge in [0.2, 0.25) is 5.91 Å². The van der Waals surface area contributed by atoms with Crippen LogP contribution in [0.1, 0.15) is 52.4 Å². The molecular formula is C15H29N3O. The highest BCUT2D eigenvalue weighted by molar-refractivity contribution is 5.86. The van der Waals surface area contributed by atoms with E-state index in [2.05, 4.69) is 4.90 Å². The second kappa shape index (κ2) is 6.23. The molecule has 2 rings (SSSR count). The molecule has 0 aromatic heterocycles. The van der Waals surface area contributed by atoms with E-state index in [1.165, 1.54) is 25.9 Å². The van der Waals surface area contributed by atoms with E-state index in [0.29, 0.717) is 6.04 Å². The summed E-state index contributed by atoms with van der Waals surface area (Å²) in [6.07, 6.45) is 6.39. The van der Waals surface area contributed by atoms with E-state index in [0.717, 1.165) is 38.8 Å². The van der Waals surface area contributed by atoms with Crippen LogP contribution in [-0.2, 0) is 4.79 Å². The smallest absolute Gasteiger partial charge is 0.242 e. The minimum Gasteiger partial charge on any atom is -0.341 e. The normalized spacial score (nSPS) is 23.0. The Bertz CT molecular complexity index is 301. The van der Waals surface area contributed by atoms with Crippen LogP contribution in [0.2, 0.25) is 0 Å². The summed E-state index contributed by atoms with van der Waals surface area (Å²) in [4.78, 5) is 17.1. The minimum atomic E-state index is -0.638. The summed E-state index contributed by atoms with van der Waals surface area (Å²) >= 11 is 0. The molecule has 0 aromatic rings. The van der Waals surface area contributed by atoms with Crippen LogP contribution in [0, 0.1) is 0 Å². The summed E-state index contributed by atoms with van der Waals surface area (Å²) in [6.45, 7) is 8.31. The fourth-order valence-corrected chi connectivity index (χ4v) is 3.41. The van der Waals surface area contributed by atoms with Crippen LogP contribution in [0.15, 0.2) is 0 Å². The van der Waals surface area contributed by atoms with Crippen molar-refractivity contribution in [3.05, 3.63) is 0 Å². The van der Waals surface area contributed by atoms with Crippen LogP contribution in [0.3, 0.4) is 0 Å². The molecule has 2 N–H and O–H groups in total. The summed E-state index contributed by atoms with van der Waals surface area (Å²) in [5.74, 6) is 0.164. The number of likely N-dealkylation sites (tertiary alicyclic amines) is 2. The second-order valence-corrected chi connectivity index (χ2v) is 6.13. The number of hydrogen-bond donors (Lipinski definition) is 1. The van der Waals surface area contributed by atoms with E-state index in [-0.39, 0.29) is 5.91 Å². The lowest BCUT2D eigenvalue weighted by Gasteiger charge is -2.40. The van der Waals surface area contributed by atoms with Crippen molar-refractivity contribution in [3.63, 3.8) is 0 Å². The maximum atomic E-state index is 12.5. The number of amides is 1. The molecule has 0 aliphatic carbocycles. The molecular weight excluding hydrogens is 238 g/mol. The molecule has 2 fully saturated rings. The van der Waals surface area contributed by atoms with Gasteiger partial charge in [-0.15, -0.1) is 0 Å². The van der Waals surface area contributed by atoms with Gasteiger partial charge in [-0.2, -0.15) is 0 Å². The Morgan fingerprint density at radius 3 is 2.11 bits per heavy atom. The number of nitrogens with two attached hydrogens (primary N) is 1. The van der Waals surface area contributed by atoms with Gasteiger partial charge in [0.15, 0.2) is 0 Å². The van der Waals surface area contributed by atoms with Crippen molar-refractivity contribution in [1.29, 1.82) is 0 Å². The van der Waals surface area contributed by atoms with Crippen molar-refractivity contribution >= 4 is 5.91 Å². The predicted octanol–water partition coefficient (Wildman–Crippen LogP) is 1.59. The SMILES string of the molecule is CCC(N)(CC)C(=O)N1CCC(N2CCCC2)CC1. The van der Waals surface area contributed by atoms with Gasteiger partial charge >= 0.3 is 0 Å². The third kappa shape index (κ3) is 3.11. The molecule has 0 bridgehead atoms. The number of hydrogen-bond acceptors (Lipinski definition) is 3. The highest BCUT2D eigenvalue weighted by Crippen LogP contribution is 2.23. The standard InChI is InChI=1S/C15H29N3O/c1-3-15(16,4-2)14(19)18-11-7-13(8-12-18)17-9-5-6-10-17/h13H,3-12,16H2,1-2H3. The summed E-state index contributed by atoms with van der Waals surface area (Å²) in [5.41, 5.74) is 5.59. The molecule has 4 nitrogen and oxygen atoms in total. The fourth-order valence-electron chi connectivity index (χ4n) is 3.41. The summed E-state index contributed by atoms with van der Waals surface area (Å²) < 4.78 is 0. The largest absolute Gasteiger partial charge is 0.341 e. The van der Waals surface area contributed by atoms with Gasteiger partial charge < -0.3 is 15.5 Å². The van der Waals surface area contributed by atoms with Crippen molar-refractivity contribution in [3.8, 4) is 0 Å². The van der Waals surface area contributed by atoms with E-state index in [1.54, 1.807) is 0 Å². The minimum absolute atomic E-state index is 0.164. The number of rotatable bonds is 4. The molecule has 2 saturated heterocycles. The third-order valence-corrected chi connectivity index (χ3v) is 5.10. The van der Waals surface area contributed by atoms with E-state index >= 15 is 0 Å². The number of piperidine rings is 1. The molecule has 0 unspecified atom stereocenters. The molecule has 2 heterocycles. The summed E-state index contributed by atoms with van der Waals surface area (Å²) in [7, 11) is 0. The van der Waals surface area contributed by atoms with E-state index in [4.69, 9.17) is 5.73 Å². The average Bonchev–Trinajstić information content (AvgIpc) is 3.00. The molecule has 0 spiro atoms. The molecule has 1 amide bonds. The maximum Gasteiger partial charge on any atom is 0.242 e.